The second-order valence-electron chi connectivity index (χ2n) is 4.15. The van der Waals surface area contributed by atoms with Crippen LogP contribution in [0.5, 0.6) is 0 Å². The van der Waals surface area contributed by atoms with E-state index < -0.39 is 0 Å². The quantitative estimate of drug-likeness (QED) is 0.511. The summed E-state index contributed by atoms with van der Waals surface area (Å²) >= 11 is 0. The molecule has 0 heterocycles. The summed E-state index contributed by atoms with van der Waals surface area (Å²) in [6.07, 6.45) is 1.50. The number of hydrogen-bond acceptors (Lipinski definition) is 2. The van der Waals surface area contributed by atoms with Gasteiger partial charge in [-0.3, -0.25) is 9.63 Å². The van der Waals surface area contributed by atoms with Gasteiger partial charge in [-0.25, -0.2) is 5.48 Å². The number of carbonyl (C=O) groups is 1. The predicted octanol–water partition coefficient (Wildman–Crippen LogP) is 2.13. The van der Waals surface area contributed by atoms with E-state index in [9.17, 15) is 4.79 Å². The highest BCUT2D eigenvalue weighted by molar-refractivity contribution is 5.74. The fraction of sp³-hybridized carbons (Fsp3) is 0.900. The molecule has 3 nitrogen and oxygen atoms in total. The van der Waals surface area contributed by atoms with E-state index in [1.807, 2.05) is 13.8 Å². The number of hydroxylamine groups is 1. The first-order valence-electron chi connectivity index (χ1n) is 4.93. The van der Waals surface area contributed by atoms with Crippen molar-refractivity contribution in [2.75, 3.05) is 6.61 Å². The standard InChI is InChI=1S/C10H21NO2/c1-8(2)5-6-13-11-10(12)7-9(3)4/h8-9H,5-7H2,1-4H3,(H,11,12). The highest BCUT2D eigenvalue weighted by Gasteiger charge is 2.03. The maximum Gasteiger partial charge on any atom is 0.243 e. The van der Waals surface area contributed by atoms with Gasteiger partial charge in [0.1, 0.15) is 0 Å². The van der Waals surface area contributed by atoms with Crippen LogP contribution in [0.4, 0.5) is 0 Å². The molecular weight excluding hydrogens is 166 g/mol. The summed E-state index contributed by atoms with van der Waals surface area (Å²) in [5.41, 5.74) is 2.43. The lowest BCUT2D eigenvalue weighted by Gasteiger charge is -2.08. The molecular formula is C10H21NO2. The average Bonchev–Trinajstić information content (AvgIpc) is 1.96. The van der Waals surface area contributed by atoms with Gasteiger partial charge in [-0.15, -0.1) is 0 Å². The number of nitrogens with one attached hydrogen (secondary N) is 1. The molecule has 0 aromatic heterocycles. The van der Waals surface area contributed by atoms with Gasteiger partial charge in [0, 0.05) is 6.42 Å². The monoisotopic (exact) mass is 187 g/mol. The molecule has 0 saturated heterocycles. The maximum atomic E-state index is 11.1. The van der Waals surface area contributed by atoms with Crippen LogP contribution in [0, 0.1) is 11.8 Å². The SMILES string of the molecule is CC(C)CCONC(=O)CC(C)C. The second kappa shape index (κ2) is 6.89. The van der Waals surface area contributed by atoms with Crippen molar-refractivity contribution in [2.45, 2.75) is 40.5 Å². The minimum atomic E-state index is -0.0289. The Morgan fingerprint density at radius 2 is 1.85 bits per heavy atom. The van der Waals surface area contributed by atoms with E-state index in [1.54, 1.807) is 0 Å². The molecule has 0 aromatic rings. The van der Waals surface area contributed by atoms with Gasteiger partial charge in [0.2, 0.25) is 5.91 Å². The minimum absolute atomic E-state index is 0.0289. The first kappa shape index (κ1) is 12.4. The first-order valence-corrected chi connectivity index (χ1v) is 4.93. The third kappa shape index (κ3) is 9.34. The third-order valence-corrected chi connectivity index (χ3v) is 1.58. The van der Waals surface area contributed by atoms with Crippen molar-refractivity contribution in [3.05, 3.63) is 0 Å². The molecule has 0 saturated carbocycles. The highest BCUT2D eigenvalue weighted by Crippen LogP contribution is 1.99. The molecule has 0 bridgehead atoms. The molecule has 1 amide bonds. The van der Waals surface area contributed by atoms with Gasteiger partial charge < -0.3 is 0 Å². The van der Waals surface area contributed by atoms with Crippen molar-refractivity contribution in [1.29, 1.82) is 0 Å². The molecule has 13 heavy (non-hydrogen) atoms. The van der Waals surface area contributed by atoms with Crippen LogP contribution in [-0.4, -0.2) is 12.5 Å². The van der Waals surface area contributed by atoms with Crippen molar-refractivity contribution in [3.63, 3.8) is 0 Å². The minimum Gasteiger partial charge on any atom is -0.274 e. The smallest absolute Gasteiger partial charge is 0.243 e. The lowest BCUT2D eigenvalue weighted by molar-refractivity contribution is -0.134. The van der Waals surface area contributed by atoms with Crippen molar-refractivity contribution in [3.8, 4) is 0 Å². The molecule has 0 atom stereocenters. The van der Waals surface area contributed by atoms with Crippen LogP contribution >= 0.6 is 0 Å². The van der Waals surface area contributed by atoms with Crippen molar-refractivity contribution < 1.29 is 9.63 Å². The Bertz CT molecular complexity index is 144. The van der Waals surface area contributed by atoms with Crippen LogP contribution in [0.2, 0.25) is 0 Å². The van der Waals surface area contributed by atoms with Crippen molar-refractivity contribution in [2.24, 2.45) is 11.8 Å². The van der Waals surface area contributed by atoms with E-state index in [0.29, 0.717) is 24.9 Å². The van der Waals surface area contributed by atoms with Crippen molar-refractivity contribution >= 4 is 5.91 Å². The van der Waals surface area contributed by atoms with Gasteiger partial charge in [-0.2, -0.15) is 0 Å². The third-order valence-electron chi connectivity index (χ3n) is 1.58. The van der Waals surface area contributed by atoms with Crippen LogP contribution in [0.3, 0.4) is 0 Å². The van der Waals surface area contributed by atoms with Crippen molar-refractivity contribution in [1.82, 2.24) is 5.48 Å². The van der Waals surface area contributed by atoms with Crippen LogP contribution in [0.1, 0.15) is 40.5 Å². The Morgan fingerprint density at radius 3 is 2.31 bits per heavy atom. The average molecular weight is 187 g/mol. The number of hydrogen-bond donors (Lipinski definition) is 1. The normalized spacial score (nSPS) is 10.9. The van der Waals surface area contributed by atoms with Gasteiger partial charge in [-0.1, -0.05) is 27.7 Å². The van der Waals surface area contributed by atoms with E-state index >= 15 is 0 Å². The zero-order valence-electron chi connectivity index (χ0n) is 9.09. The summed E-state index contributed by atoms with van der Waals surface area (Å²) in [5.74, 6) is 0.967. The second-order valence-corrected chi connectivity index (χ2v) is 4.15. The van der Waals surface area contributed by atoms with E-state index in [4.69, 9.17) is 4.84 Å². The fourth-order valence-corrected chi connectivity index (χ4v) is 0.839. The summed E-state index contributed by atoms with van der Waals surface area (Å²) in [6.45, 7) is 8.86. The lowest BCUT2D eigenvalue weighted by Crippen LogP contribution is -2.25. The molecule has 0 fully saturated rings. The summed E-state index contributed by atoms with van der Waals surface area (Å²) in [5, 5.41) is 0. The summed E-state index contributed by atoms with van der Waals surface area (Å²) in [6, 6.07) is 0. The molecule has 0 aliphatic carbocycles. The van der Waals surface area contributed by atoms with Crippen LogP contribution in [0.15, 0.2) is 0 Å². The van der Waals surface area contributed by atoms with Crippen LogP contribution < -0.4 is 5.48 Å². The Hall–Kier alpha value is -0.570. The molecule has 0 rings (SSSR count). The van der Waals surface area contributed by atoms with Gasteiger partial charge in [0.05, 0.1) is 6.61 Å². The van der Waals surface area contributed by atoms with Gasteiger partial charge in [0.15, 0.2) is 0 Å². The first-order chi connectivity index (χ1) is 6.02. The molecule has 0 spiro atoms. The Balaban J connectivity index is 3.27. The fourth-order valence-electron chi connectivity index (χ4n) is 0.839. The van der Waals surface area contributed by atoms with Gasteiger partial charge in [0.25, 0.3) is 0 Å². The maximum absolute atomic E-state index is 11.1. The van der Waals surface area contributed by atoms with Gasteiger partial charge >= 0.3 is 0 Å². The molecule has 1 N–H and O–H groups in total. The molecule has 0 unspecified atom stereocenters. The summed E-state index contributed by atoms with van der Waals surface area (Å²) < 4.78 is 0. The molecule has 0 aliphatic rings. The van der Waals surface area contributed by atoms with Crippen LogP contribution in [-0.2, 0) is 9.63 Å². The zero-order valence-corrected chi connectivity index (χ0v) is 9.09. The Morgan fingerprint density at radius 1 is 1.23 bits per heavy atom. The molecule has 78 valence electrons. The predicted molar refractivity (Wildman–Crippen MR) is 53.0 cm³/mol. The number of amides is 1. The topological polar surface area (TPSA) is 38.3 Å². The van der Waals surface area contributed by atoms with E-state index in [1.165, 1.54) is 0 Å². The Kier molecular flexibility index (Phi) is 6.59. The Labute approximate surface area is 80.8 Å². The molecule has 0 aromatic carbocycles. The number of rotatable bonds is 6. The number of carbonyl (C=O) groups excluding carboxylic acids is 1. The lowest BCUT2D eigenvalue weighted by atomic mass is 10.1. The summed E-state index contributed by atoms with van der Waals surface area (Å²) in [7, 11) is 0. The van der Waals surface area contributed by atoms with E-state index in [2.05, 4.69) is 19.3 Å². The molecule has 3 heteroatoms. The van der Waals surface area contributed by atoms with E-state index in [-0.39, 0.29) is 5.91 Å². The molecule has 0 aliphatic heterocycles. The molecule has 0 radical (unpaired) electrons. The largest absolute Gasteiger partial charge is 0.274 e. The zero-order chi connectivity index (χ0) is 10.3. The highest BCUT2D eigenvalue weighted by atomic mass is 16.6. The van der Waals surface area contributed by atoms with Crippen LogP contribution in [0.25, 0.3) is 0 Å². The van der Waals surface area contributed by atoms with Gasteiger partial charge in [-0.05, 0) is 18.3 Å². The van der Waals surface area contributed by atoms with E-state index in [0.717, 1.165) is 6.42 Å². The summed E-state index contributed by atoms with van der Waals surface area (Å²) in [4.78, 5) is 16.1.